The van der Waals surface area contributed by atoms with E-state index in [1.807, 2.05) is 12.1 Å². The molecule has 0 saturated carbocycles. The fraction of sp³-hybridized carbons (Fsp3) is 0.100. The van der Waals surface area contributed by atoms with Gasteiger partial charge in [0.25, 0.3) is 0 Å². The van der Waals surface area contributed by atoms with E-state index in [1.165, 1.54) is 0 Å². The van der Waals surface area contributed by atoms with E-state index in [0.717, 1.165) is 5.69 Å². The average Bonchev–Trinajstić information content (AvgIpc) is 2.69. The van der Waals surface area contributed by atoms with Gasteiger partial charge in [0, 0.05) is 6.20 Å². The molecule has 2 aromatic heterocycles. The average molecular weight is 203 g/mol. The number of carbonyl (C=O) groups is 1. The Morgan fingerprint density at radius 3 is 2.80 bits per heavy atom. The number of hydrogen-bond donors (Lipinski definition) is 2. The normalized spacial score (nSPS) is 10.2. The number of hydrogen-bond acceptors (Lipinski definition) is 3. The second-order valence-electron chi connectivity index (χ2n) is 3.15. The highest BCUT2D eigenvalue weighted by atomic mass is 16.4. The molecule has 5 nitrogen and oxygen atoms in total. The summed E-state index contributed by atoms with van der Waals surface area (Å²) in [6.45, 7) is 1.70. The number of aromatic nitrogens is 3. The van der Waals surface area contributed by atoms with Crippen LogP contribution in [0.4, 0.5) is 0 Å². The van der Waals surface area contributed by atoms with E-state index in [9.17, 15) is 4.79 Å². The van der Waals surface area contributed by atoms with Gasteiger partial charge in [-0.2, -0.15) is 0 Å². The second-order valence-corrected chi connectivity index (χ2v) is 3.15. The summed E-state index contributed by atoms with van der Waals surface area (Å²) in [7, 11) is 0. The molecule has 0 atom stereocenters. The van der Waals surface area contributed by atoms with Gasteiger partial charge in [-0.1, -0.05) is 0 Å². The minimum absolute atomic E-state index is 0.00898. The van der Waals surface area contributed by atoms with Crippen LogP contribution >= 0.6 is 0 Å². The fourth-order valence-electron chi connectivity index (χ4n) is 1.32. The highest BCUT2D eigenvalue weighted by Crippen LogP contribution is 2.15. The standard InChI is InChI=1S/C10H9N3O2/c1-6-5-8(7-3-2-4-11-7)12-13-9(6)10(14)15/h2-5,11H,1H3,(H,14,15). The molecular weight excluding hydrogens is 194 g/mol. The Hall–Kier alpha value is -2.17. The lowest BCUT2D eigenvalue weighted by Gasteiger charge is -2.01. The van der Waals surface area contributed by atoms with Crippen molar-refractivity contribution < 1.29 is 9.90 Å². The molecule has 0 aliphatic carbocycles. The first-order valence-electron chi connectivity index (χ1n) is 4.40. The van der Waals surface area contributed by atoms with Gasteiger partial charge in [0.1, 0.15) is 5.69 Å². The van der Waals surface area contributed by atoms with Crippen molar-refractivity contribution in [1.82, 2.24) is 15.2 Å². The lowest BCUT2D eigenvalue weighted by molar-refractivity contribution is 0.0688. The Balaban J connectivity index is 2.47. The fourth-order valence-corrected chi connectivity index (χ4v) is 1.32. The van der Waals surface area contributed by atoms with Crippen molar-refractivity contribution in [2.75, 3.05) is 0 Å². The van der Waals surface area contributed by atoms with Crippen LogP contribution in [0.5, 0.6) is 0 Å². The van der Waals surface area contributed by atoms with E-state index in [2.05, 4.69) is 15.2 Å². The van der Waals surface area contributed by atoms with Gasteiger partial charge < -0.3 is 10.1 Å². The zero-order chi connectivity index (χ0) is 10.8. The molecule has 0 aliphatic rings. The number of rotatable bonds is 2. The van der Waals surface area contributed by atoms with E-state index in [0.29, 0.717) is 11.3 Å². The van der Waals surface area contributed by atoms with Crippen LogP contribution in [0.1, 0.15) is 16.1 Å². The minimum atomic E-state index is -1.06. The highest BCUT2D eigenvalue weighted by Gasteiger charge is 2.11. The third-order valence-electron chi connectivity index (χ3n) is 2.06. The van der Waals surface area contributed by atoms with Gasteiger partial charge in [0.2, 0.25) is 0 Å². The Morgan fingerprint density at radius 2 is 2.27 bits per heavy atom. The summed E-state index contributed by atoms with van der Waals surface area (Å²) >= 11 is 0. The third-order valence-corrected chi connectivity index (χ3v) is 2.06. The van der Waals surface area contributed by atoms with Crippen LogP contribution in [-0.4, -0.2) is 26.3 Å². The first kappa shape index (κ1) is 9.39. The molecule has 0 unspecified atom stereocenters. The maximum Gasteiger partial charge on any atom is 0.356 e. The van der Waals surface area contributed by atoms with E-state index in [-0.39, 0.29) is 5.69 Å². The maximum absolute atomic E-state index is 10.7. The molecule has 0 aliphatic heterocycles. The number of H-pyrrole nitrogens is 1. The zero-order valence-electron chi connectivity index (χ0n) is 8.06. The molecule has 2 N–H and O–H groups in total. The molecule has 2 rings (SSSR count). The molecule has 0 fully saturated rings. The van der Waals surface area contributed by atoms with E-state index < -0.39 is 5.97 Å². The van der Waals surface area contributed by atoms with Crippen LogP contribution in [0, 0.1) is 6.92 Å². The molecule has 0 radical (unpaired) electrons. The minimum Gasteiger partial charge on any atom is -0.476 e. The number of carboxylic acid groups (broad SMARTS) is 1. The van der Waals surface area contributed by atoms with Crippen LogP contribution in [0.25, 0.3) is 11.4 Å². The lowest BCUT2D eigenvalue weighted by atomic mass is 10.2. The van der Waals surface area contributed by atoms with Gasteiger partial charge >= 0.3 is 5.97 Å². The first-order chi connectivity index (χ1) is 7.18. The van der Waals surface area contributed by atoms with Crippen molar-refractivity contribution in [3.8, 4) is 11.4 Å². The van der Waals surface area contributed by atoms with Gasteiger partial charge in [-0.05, 0) is 30.7 Å². The second kappa shape index (κ2) is 3.53. The van der Waals surface area contributed by atoms with Crippen LogP contribution in [0.2, 0.25) is 0 Å². The predicted octanol–water partition coefficient (Wildman–Crippen LogP) is 1.48. The van der Waals surface area contributed by atoms with Gasteiger partial charge in [0.15, 0.2) is 5.69 Å². The van der Waals surface area contributed by atoms with Crippen LogP contribution in [0.3, 0.4) is 0 Å². The molecule has 5 heteroatoms. The van der Waals surface area contributed by atoms with Crippen LogP contribution < -0.4 is 0 Å². The van der Waals surface area contributed by atoms with Crippen molar-refractivity contribution in [3.05, 3.63) is 35.7 Å². The summed E-state index contributed by atoms with van der Waals surface area (Å²) < 4.78 is 0. The predicted molar refractivity (Wildman–Crippen MR) is 53.5 cm³/mol. The monoisotopic (exact) mass is 203 g/mol. The van der Waals surface area contributed by atoms with Gasteiger partial charge in [-0.15, -0.1) is 10.2 Å². The number of carboxylic acids is 1. The largest absolute Gasteiger partial charge is 0.476 e. The number of nitrogens with one attached hydrogen (secondary N) is 1. The molecule has 76 valence electrons. The van der Waals surface area contributed by atoms with Crippen molar-refractivity contribution >= 4 is 5.97 Å². The summed E-state index contributed by atoms with van der Waals surface area (Å²) in [5, 5.41) is 16.3. The Bertz CT molecular complexity index is 491. The first-order valence-corrected chi connectivity index (χ1v) is 4.40. The molecule has 0 spiro atoms. The number of nitrogens with zero attached hydrogens (tertiary/aromatic N) is 2. The van der Waals surface area contributed by atoms with E-state index >= 15 is 0 Å². The Morgan fingerprint density at radius 1 is 1.47 bits per heavy atom. The van der Waals surface area contributed by atoms with Crippen molar-refractivity contribution in [2.45, 2.75) is 6.92 Å². The molecule has 0 aromatic carbocycles. The summed E-state index contributed by atoms with van der Waals surface area (Å²) in [5.41, 5.74) is 2.05. The van der Waals surface area contributed by atoms with Crippen LogP contribution in [-0.2, 0) is 0 Å². The Labute approximate surface area is 85.8 Å². The summed E-state index contributed by atoms with van der Waals surface area (Å²) in [6, 6.07) is 5.39. The molecule has 2 heterocycles. The highest BCUT2D eigenvalue weighted by molar-refractivity contribution is 5.87. The molecular formula is C10H9N3O2. The Kier molecular flexibility index (Phi) is 2.21. The summed E-state index contributed by atoms with van der Waals surface area (Å²) in [4.78, 5) is 13.7. The third kappa shape index (κ3) is 1.71. The quantitative estimate of drug-likeness (QED) is 0.774. The van der Waals surface area contributed by atoms with Crippen molar-refractivity contribution in [2.24, 2.45) is 0 Å². The van der Waals surface area contributed by atoms with E-state index in [4.69, 9.17) is 5.11 Å². The molecule has 15 heavy (non-hydrogen) atoms. The smallest absolute Gasteiger partial charge is 0.356 e. The molecule has 0 amide bonds. The summed E-state index contributed by atoms with van der Waals surface area (Å²) in [5.74, 6) is -1.06. The van der Waals surface area contributed by atoms with Crippen molar-refractivity contribution in [3.63, 3.8) is 0 Å². The molecule has 2 aromatic rings. The summed E-state index contributed by atoms with van der Waals surface area (Å²) in [6.07, 6.45) is 1.78. The molecule has 0 saturated heterocycles. The number of aromatic carboxylic acids is 1. The van der Waals surface area contributed by atoms with Gasteiger partial charge in [-0.25, -0.2) is 4.79 Å². The van der Waals surface area contributed by atoms with E-state index in [1.54, 1.807) is 19.2 Å². The maximum atomic E-state index is 10.7. The number of aryl methyl sites for hydroxylation is 1. The van der Waals surface area contributed by atoms with Gasteiger partial charge in [-0.3, -0.25) is 0 Å². The number of aromatic amines is 1. The van der Waals surface area contributed by atoms with Crippen LogP contribution in [0.15, 0.2) is 24.4 Å². The topological polar surface area (TPSA) is 78.9 Å². The SMILES string of the molecule is Cc1cc(-c2ccc[nH]2)nnc1C(=O)O. The van der Waals surface area contributed by atoms with Crippen molar-refractivity contribution in [1.29, 1.82) is 0 Å². The molecule has 0 bridgehead atoms. The zero-order valence-corrected chi connectivity index (χ0v) is 8.06. The lowest BCUT2D eigenvalue weighted by Crippen LogP contribution is -2.05. The van der Waals surface area contributed by atoms with Gasteiger partial charge in [0.05, 0.1) is 5.69 Å².